The Bertz CT molecular complexity index is 455. The van der Waals surface area contributed by atoms with Crippen LogP contribution in [0.1, 0.15) is 18.4 Å². The van der Waals surface area contributed by atoms with Crippen LogP contribution in [0, 0.1) is 5.82 Å². The topological polar surface area (TPSA) is 46.5 Å². The fourth-order valence-corrected chi connectivity index (χ4v) is 1.98. The zero-order chi connectivity index (χ0) is 11.9. The van der Waals surface area contributed by atoms with Gasteiger partial charge in [0.1, 0.15) is 0 Å². The van der Waals surface area contributed by atoms with Gasteiger partial charge in [0.05, 0.1) is 17.5 Å². The summed E-state index contributed by atoms with van der Waals surface area (Å²) in [4.78, 5) is 11.1. The van der Waals surface area contributed by atoms with Crippen molar-refractivity contribution in [2.75, 3.05) is 7.11 Å². The molecular formula is C11H10ClFO3. The van der Waals surface area contributed by atoms with Crippen molar-refractivity contribution in [3.63, 3.8) is 0 Å². The SMILES string of the molecule is COc1c(C2(C(=O)O)CC2)ccc(Cl)c1F. The van der Waals surface area contributed by atoms with E-state index in [2.05, 4.69) is 0 Å². The third kappa shape index (κ3) is 1.45. The van der Waals surface area contributed by atoms with E-state index in [-0.39, 0.29) is 10.8 Å². The Hall–Kier alpha value is -1.29. The molecule has 2 rings (SSSR count). The van der Waals surface area contributed by atoms with Crippen LogP contribution in [0.4, 0.5) is 4.39 Å². The second-order valence-electron chi connectivity index (χ2n) is 3.83. The summed E-state index contributed by atoms with van der Waals surface area (Å²) in [5, 5.41) is 9.06. The van der Waals surface area contributed by atoms with Crippen LogP contribution in [-0.2, 0) is 10.2 Å². The van der Waals surface area contributed by atoms with E-state index in [0.717, 1.165) is 0 Å². The minimum atomic E-state index is -0.989. The summed E-state index contributed by atoms with van der Waals surface area (Å²) in [5.41, 5.74) is -0.624. The largest absolute Gasteiger partial charge is 0.493 e. The highest BCUT2D eigenvalue weighted by Crippen LogP contribution is 2.52. The molecule has 1 aromatic rings. The van der Waals surface area contributed by atoms with Gasteiger partial charge in [0.15, 0.2) is 11.6 Å². The normalized spacial score (nSPS) is 16.9. The molecular weight excluding hydrogens is 235 g/mol. The summed E-state index contributed by atoms with van der Waals surface area (Å²) in [5.74, 6) is -1.71. The minimum Gasteiger partial charge on any atom is -0.493 e. The van der Waals surface area contributed by atoms with Crippen LogP contribution >= 0.6 is 11.6 Å². The lowest BCUT2D eigenvalue weighted by Crippen LogP contribution is -2.20. The van der Waals surface area contributed by atoms with E-state index in [1.165, 1.54) is 19.2 Å². The van der Waals surface area contributed by atoms with Crippen molar-refractivity contribution in [2.45, 2.75) is 18.3 Å². The number of halogens is 2. The summed E-state index contributed by atoms with van der Waals surface area (Å²) < 4.78 is 18.5. The average molecular weight is 245 g/mol. The van der Waals surface area contributed by atoms with Crippen molar-refractivity contribution in [1.82, 2.24) is 0 Å². The standard InChI is InChI=1S/C11H10ClFO3/c1-16-9-6(2-3-7(12)8(9)13)11(4-5-11)10(14)15/h2-3H,4-5H2,1H3,(H,14,15). The van der Waals surface area contributed by atoms with Gasteiger partial charge in [-0.25, -0.2) is 4.39 Å². The van der Waals surface area contributed by atoms with Crippen LogP contribution in [0.3, 0.4) is 0 Å². The Morgan fingerprint density at radius 3 is 2.62 bits per heavy atom. The summed E-state index contributed by atoms with van der Waals surface area (Å²) in [6.45, 7) is 0. The molecule has 1 aliphatic carbocycles. The molecule has 3 nitrogen and oxygen atoms in total. The van der Waals surface area contributed by atoms with E-state index in [1.807, 2.05) is 0 Å². The molecule has 0 bridgehead atoms. The zero-order valence-electron chi connectivity index (χ0n) is 8.59. The molecule has 5 heteroatoms. The number of ether oxygens (including phenoxy) is 1. The first kappa shape index (κ1) is 11.2. The molecule has 0 aromatic heterocycles. The van der Waals surface area contributed by atoms with Crippen molar-refractivity contribution in [2.24, 2.45) is 0 Å². The third-order valence-electron chi connectivity index (χ3n) is 2.93. The van der Waals surface area contributed by atoms with E-state index >= 15 is 0 Å². The van der Waals surface area contributed by atoms with Crippen molar-refractivity contribution in [3.8, 4) is 5.75 Å². The fraction of sp³-hybridized carbons (Fsp3) is 0.364. The maximum absolute atomic E-state index is 13.6. The van der Waals surface area contributed by atoms with E-state index in [9.17, 15) is 9.18 Å². The van der Waals surface area contributed by atoms with E-state index < -0.39 is 17.2 Å². The van der Waals surface area contributed by atoms with Crippen LogP contribution in [0.15, 0.2) is 12.1 Å². The predicted molar refractivity (Wildman–Crippen MR) is 56.5 cm³/mol. The molecule has 0 atom stereocenters. The second kappa shape index (κ2) is 3.63. The van der Waals surface area contributed by atoms with Crippen LogP contribution in [0.2, 0.25) is 5.02 Å². The quantitative estimate of drug-likeness (QED) is 0.889. The van der Waals surface area contributed by atoms with Gasteiger partial charge in [0.25, 0.3) is 0 Å². The van der Waals surface area contributed by atoms with E-state index in [0.29, 0.717) is 18.4 Å². The lowest BCUT2D eigenvalue weighted by atomic mass is 9.95. The highest BCUT2D eigenvalue weighted by atomic mass is 35.5. The number of hydrogen-bond donors (Lipinski definition) is 1. The molecule has 1 aliphatic rings. The molecule has 1 fully saturated rings. The van der Waals surface area contributed by atoms with Gasteiger partial charge in [-0.2, -0.15) is 0 Å². The van der Waals surface area contributed by atoms with Crippen LogP contribution in [0.25, 0.3) is 0 Å². The fourth-order valence-electron chi connectivity index (χ4n) is 1.83. The summed E-state index contributed by atoms with van der Waals surface area (Å²) >= 11 is 5.61. The van der Waals surface area contributed by atoms with Crippen molar-refractivity contribution in [1.29, 1.82) is 0 Å². The summed E-state index contributed by atoms with van der Waals surface area (Å²) in [6, 6.07) is 2.88. The Kier molecular flexibility index (Phi) is 2.54. The Morgan fingerprint density at radius 1 is 1.56 bits per heavy atom. The Morgan fingerprint density at radius 2 is 2.19 bits per heavy atom. The summed E-state index contributed by atoms with van der Waals surface area (Å²) in [6.07, 6.45) is 1.000. The first-order valence-corrected chi connectivity index (χ1v) is 5.16. The lowest BCUT2D eigenvalue weighted by molar-refractivity contribution is -0.140. The molecule has 0 radical (unpaired) electrons. The molecule has 1 saturated carbocycles. The molecule has 0 spiro atoms. The number of carbonyl (C=O) groups is 1. The van der Waals surface area contributed by atoms with E-state index in [4.69, 9.17) is 21.4 Å². The molecule has 86 valence electrons. The molecule has 0 amide bonds. The zero-order valence-corrected chi connectivity index (χ0v) is 9.34. The van der Waals surface area contributed by atoms with Crippen molar-refractivity contribution >= 4 is 17.6 Å². The predicted octanol–water partition coefficient (Wildman–Crippen LogP) is 2.60. The van der Waals surface area contributed by atoms with Gasteiger partial charge in [-0.15, -0.1) is 0 Å². The molecule has 0 heterocycles. The number of carboxylic acid groups (broad SMARTS) is 1. The third-order valence-corrected chi connectivity index (χ3v) is 3.22. The number of methoxy groups -OCH3 is 1. The van der Waals surface area contributed by atoms with Gasteiger partial charge >= 0.3 is 5.97 Å². The van der Waals surface area contributed by atoms with Gasteiger partial charge in [0, 0.05) is 5.56 Å². The number of benzene rings is 1. The van der Waals surface area contributed by atoms with Gasteiger partial charge in [-0.3, -0.25) is 4.79 Å². The van der Waals surface area contributed by atoms with E-state index in [1.54, 1.807) is 0 Å². The highest BCUT2D eigenvalue weighted by Gasteiger charge is 2.53. The van der Waals surface area contributed by atoms with Gasteiger partial charge in [-0.05, 0) is 18.9 Å². The van der Waals surface area contributed by atoms with Crippen molar-refractivity contribution < 1.29 is 19.0 Å². The molecule has 16 heavy (non-hydrogen) atoms. The first-order chi connectivity index (χ1) is 7.53. The molecule has 0 aliphatic heterocycles. The van der Waals surface area contributed by atoms with Crippen molar-refractivity contribution in [3.05, 3.63) is 28.5 Å². The maximum atomic E-state index is 13.6. The van der Waals surface area contributed by atoms with Gasteiger partial charge in [0.2, 0.25) is 0 Å². The highest BCUT2D eigenvalue weighted by molar-refractivity contribution is 6.30. The monoisotopic (exact) mass is 244 g/mol. The summed E-state index contributed by atoms with van der Waals surface area (Å²) in [7, 11) is 1.30. The Balaban J connectivity index is 2.58. The number of aliphatic carboxylic acids is 1. The average Bonchev–Trinajstić information content (AvgIpc) is 3.02. The number of carboxylic acids is 1. The van der Waals surface area contributed by atoms with Crippen LogP contribution < -0.4 is 4.74 Å². The molecule has 1 aromatic carbocycles. The minimum absolute atomic E-state index is 0.0626. The molecule has 0 unspecified atom stereocenters. The van der Waals surface area contributed by atoms with Crippen LogP contribution in [-0.4, -0.2) is 18.2 Å². The molecule has 0 saturated heterocycles. The lowest BCUT2D eigenvalue weighted by Gasteiger charge is -2.15. The van der Waals surface area contributed by atoms with Crippen LogP contribution in [0.5, 0.6) is 5.75 Å². The second-order valence-corrected chi connectivity index (χ2v) is 4.24. The smallest absolute Gasteiger partial charge is 0.314 e. The molecule has 1 N–H and O–H groups in total. The number of hydrogen-bond acceptors (Lipinski definition) is 2. The number of rotatable bonds is 3. The first-order valence-electron chi connectivity index (χ1n) is 4.79. The Labute approximate surface area is 96.8 Å². The van der Waals surface area contributed by atoms with Gasteiger partial charge < -0.3 is 9.84 Å². The van der Waals surface area contributed by atoms with Gasteiger partial charge in [-0.1, -0.05) is 17.7 Å². The maximum Gasteiger partial charge on any atom is 0.314 e.